The number of unbranched alkanes of at least 4 members (excludes halogenated alkanes) is 2. The Balaban J connectivity index is 2.11. The quantitative estimate of drug-likeness (QED) is 0.423. The van der Waals surface area contributed by atoms with E-state index < -0.39 is 0 Å². The third kappa shape index (κ3) is 5.06. The highest BCUT2D eigenvalue weighted by atomic mass is 35.5. The molecule has 1 unspecified atom stereocenters. The Bertz CT molecular complexity index is 238. The first-order chi connectivity index (χ1) is 7.44. The van der Waals surface area contributed by atoms with Crippen LogP contribution in [0, 0.1) is 0 Å². The van der Waals surface area contributed by atoms with Crippen LogP contribution in [0.2, 0.25) is 0 Å². The lowest BCUT2D eigenvalue weighted by Gasteiger charge is -2.19. The van der Waals surface area contributed by atoms with Gasteiger partial charge in [0.25, 0.3) is 0 Å². The van der Waals surface area contributed by atoms with E-state index in [1.54, 1.807) is 4.90 Å². The maximum absolute atomic E-state index is 11.6. The highest BCUT2D eigenvalue weighted by molar-refractivity contribution is 6.17. The van der Waals surface area contributed by atoms with E-state index in [0.29, 0.717) is 6.04 Å². The van der Waals surface area contributed by atoms with Gasteiger partial charge in [0.2, 0.25) is 0 Å². The van der Waals surface area contributed by atoms with Crippen LogP contribution in [0.3, 0.4) is 0 Å². The van der Waals surface area contributed by atoms with Crippen molar-refractivity contribution >= 4 is 17.7 Å². The molecular formula is C12H22ClNO2. The molecular weight excluding hydrogens is 226 g/mol. The number of carbonyl (C=O) groups is 1. The first-order valence-corrected chi connectivity index (χ1v) is 6.53. The summed E-state index contributed by atoms with van der Waals surface area (Å²) in [6, 6.07) is 0.408. The largest absolute Gasteiger partial charge is 0.444 e. The van der Waals surface area contributed by atoms with Crippen LogP contribution >= 0.6 is 11.6 Å². The molecule has 0 aliphatic carbocycles. The van der Waals surface area contributed by atoms with Gasteiger partial charge in [0.1, 0.15) is 5.60 Å². The van der Waals surface area contributed by atoms with Gasteiger partial charge in [-0.1, -0.05) is 12.8 Å². The summed E-state index contributed by atoms with van der Waals surface area (Å²) in [6.45, 7) is 6.54. The lowest BCUT2D eigenvalue weighted by Crippen LogP contribution is -2.27. The van der Waals surface area contributed by atoms with Crippen LogP contribution in [0.15, 0.2) is 0 Å². The zero-order chi connectivity index (χ0) is 12.2. The number of carbonyl (C=O) groups excluding carboxylic acids is 1. The van der Waals surface area contributed by atoms with Gasteiger partial charge >= 0.3 is 6.09 Å². The zero-order valence-electron chi connectivity index (χ0n) is 10.5. The fraction of sp³-hybridized carbons (Fsp3) is 0.917. The van der Waals surface area contributed by atoms with Gasteiger partial charge in [-0.05, 0) is 33.6 Å². The molecule has 1 rings (SSSR count). The summed E-state index contributed by atoms with van der Waals surface area (Å²) in [5, 5.41) is 0. The SMILES string of the molecule is CC(C)(C)OC(=O)N1CC1CCCCCCl. The molecule has 94 valence electrons. The molecule has 0 aromatic rings. The van der Waals surface area contributed by atoms with Gasteiger partial charge in [0, 0.05) is 12.4 Å². The number of hydrogen-bond donors (Lipinski definition) is 0. The van der Waals surface area contributed by atoms with Gasteiger partial charge in [-0.15, -0.1) is 11.6 Å². The predicted octanol–water partition coefficient (Wildman–Crippen LogP) is 3.40. The van der Waals surface area contributed by atoms with Crippen LogP contribution in [-0.2, 0) is 4.74 Å². The molecule has 1 fully saturated rings. The Hall–Kier alpha value is -0.440. The number of ether oxygens (including phenoxy) is 1. The van der Waals surface area contributed by atoms with Gasteiger partial charge in [0.15, 0.2) is 0 Å². The number of nitrogens with zero attached hydrogens (tertiary/aromatic N) is 1. The van der Waals surface area contributed by atoms with Crippen molar-refractivity contribution in [2.45, 2.75) is 58.1 Å². The molecule has 1 aliphatic heterocycles. The molecule has 0 aromatic heterocycles. The number of hydrogen-bond acceptors (Lipinski definition) is 2. The first kappa shape index (κ1) is 13.6. The Kier molecular flexibility index (Phi) is 4.90. The summed E-state index contributed by atoms with van der Waals surface area (Å²) in [7, 11) is 0. The third-order valence-electron chi connectivity index (χ3n) is 2.51. The zero-order valence-corrected chi connectivity index (χ0v) is 11.2. The summed E-state index contributed by atoms with van der Waals surface area (Å²) in [4.78, 5) is 13.4. The Morgan fingerprint density at radius 2 is 2.06 bits per heavy atom. The normalized spacial score (nSPS) is 19.8. The number of rotatable bonds is 5. The molecule has 0 saturated carbocycles. The highest BCUT2D eigenvalue weighted by Gasteiger charge is 2.40. The average Bonchev–Trinajstić information content (AvgIpc) is 2.89. The molecule has 16 heavy (non-hydrogen) atoms. The monoisotopic (exact) mass is 247 g/mol. The summed E-state index contributed by atoms with van der Waals surface area (Å²) in [5.41, 5.74) is -0.386. The maximum atomic E-state index is 11.6. The van der Waals surface area contributed by atoms with E-state index in [2.05, 4.69) is 0 Å². The smallest absolute Gasteiger partial charge is 0.410 e. The minimum atomic E-state index is -0.386. The molecule has 1 heterocycles. The van der Waals surface area contributed by atoms with Gasteiger partial charge < -0.3 is 9.64 Å². The molecule has 1 saturated heterocycles. The molecule has 1 aliphatic rings. The van der Waals surface area contributed by atoms with Crippen molar-refractivity contribution < 1.29 is 9.53 Å². The van der Waals surface area contributed by atoms with E-state index in [9.17, 15) is 4.79 Å². The predicted molar refractivity (Wildman–Crippen MR) is 65.9 cm³/mol. The van der Waals surface area contributed by atoms with Crippen molar-refractivity contribution in [3.63, 3.8) is 0 Å². The van der Waals surface area contributed by atoms with Crippen LogP contribution in [0.25, 0.3) is 0 Å². The van der Waals surface area contributed by atoms with Crippen molar-refractivity contribution in [3.8, 4) is 0 Å². The molecule has 4 heteroatoms. The fourth-order valence-corrected chi connectivity index (χ4v) is 1.81. The summed E-state index contributed by atoms with van der Waals surface area (Å²) < 4.78 is 5.29. The van der Waals surface area contributed by atoms with Crippen molar-refractivity contribution in [3.05, 3.63) is 0 Å². The average molecular weight is 248 g/mol. The first-order valence-electron chi connectivity index (χ1n) is 5.99. The van der Waals surface area contributed by atoms with E-state index in [4.69, 9.17) is 16.3 Å². The number of alkyl halides is 1. The van der Waals surface area contributed by atoms with Gasteiger partial charge in [-0.2, -0.15) is 0 Å². The molecule has 0 aromatic carbocycles. The molecule has 0 bridgehead atoms. The van der Waals surface area contributed by atoms with Crippen LogP contribution in [0.1, 0.15) is 46.5 Å². The Morgan fingerprint density at radius 3 is 2.62 bits per heavy atom. The van der Waals surface area contributed by atoms with Crippen molar-refractivity contribution in [2.24, 2.45) is 0 Å². The molecule has 0 radical (unpaired) electrons. The van der Waals surface area contributed by atoms with Gasteiger partial charge in [0.05, 0.1) is 6.04 Å². The Labute approximate surface area is 103 Å². The fourth-order valence-electron chi connectivity index (χ4n) is 1.62. The lowest BCUT2D eigenvalue weighted by atomic mass is 10.2. The van der Waals surface area contributed by atoms with Crippen LogP contribution in [-0.4, -0.2) is 35.1 Å². The standard InChI is InChI=1S/C12H22ClNO2/c1-12(2,3)16-11(15)14-9-10(14)7-5-4-6-8-13/h10H,4-9H2,1-3H3. The topological polar surface area (TPSA) is 29.3 Å². The van der Waals surface area contributed by atoms with Crippen LogP contribution < -0.4 is 0 Å². The second-order valence-corrected chi connectivity index (χ2v) is 5.70. The molecule has 0 N–H and O–H groups in total. The molecule has 1 amide bonds. The van der Waals surface area contributed by atoms with Crippen LogP contribution in [0.5, 0.6) is 0 Å². The molecule has 3 nitrogen and oxygen atoms in total. The van der Waals surface area contributed by atoms with E-state index in [0.717, 1.165) is 38.1 Å². The third-order valence-corrected chi connectivity index (χ3v) is 2.78. The minimum Gasteiger partial charge on any atom is -0.444 e. The van der Waals surface area contributed by atoms with Gasteiger partial charge in [-0.3, -0.25) is 0 Å². The second kappa shape index (κ2) is 5.76. The highest BCUT2D eigenvalue weighted by Crippen LogP contribution is 2.26. The van der Waals surface area contributed by atoms with E-state index in [-0.39, 0.29) is 11.7 Å². The van der Waals surface area contributed by atoms with E-state index in [1.165, 1.54) is 0 Å². The van der Waals surface area contributed by atoms with E-state index >= 15 is 0 Å². The summed E-state index contributed by atoms with van der Waals surface area (Å²) in [6.07, 6.45) is 4.28. The number of amides is 1. The summed E-state index contributed by atoms with van der Waals surface area (Å²) in [5.74, 6) is 0.737. The second-order valence-electron chi connectivity index (χ2n) is 5.32. The van der Waals surface area contributed by atoms with Crippen molar-refractivity contribution in [2.75, 3.05) is 12.4 Å². The summed E-state index contributed by atoms with van der Waals surface area (Å²) >= 11 is 5.60. The maximum Gasteiger partial charge on any atom is 0.410 e. The lowest BCUT2D eigenvalue weighted by molar-refractivity contribution is 0.0405. The molecule has 0 spiro atoms. The van der Waals surface area contributed by atoms with Crippen molar-refractivity contribution in [1.82, 2.24) is 4.90 Å². The number of halogens is 1. The van der Waals surface area contributed by atoms with E-state index in [1.807, 2.05) is 20.8 Å². The van der Waals surface area contributed by atoms with Crippen LogP contribution in [0.4, 0.5) is 4.79 Å². The Morgan fingerprint density at radius 1 is 1.38 bits per heavy atom. The molecule has 1 atom stereocenters. The van der Waals surface area contributed by atoms with Crippen molar-refractivity contribution in [1.29, 1.82) is 0 Å². The van der Waals surface area contributed by atoms with Gasteiger partial charge in [-0.25, -0.2) is 4.79 Å². The minimum absolute atomic E-state index is 0.171.